The van der Waals surface area contributed by atoms with Crippen molar-refractivity contribution in [2.75, 3.05) is 118 Å². The van der Waals surface area contributed by atoms with Crippen molar-refractivity contribution in [1.82, 2.24) is 14.7 Å². The smallest absolute Gasteiger partial charge is 0.0594 e. The van der Waals surface area contributed by atoms with Crippen LogP contribution in [0.2, 0.25) is 0 Å². The van der Waals surface area contributed by atoms with Gasteiger partial charge in [-0.3, -0.25) is 14.7 Å². The van der Waals surface area contributed by atoms with E-state index in [1.807, 2.05) is 0 Å². The summed E-state index contributed by atoms with van der Waals surface area (Å²) in [5.41, 5.74) is 0. The highest BCUT2D eigenvalue weighted by molar-refractivity contribution is 4.61. The van der Waals surface area contributed by atoms with Gasteiger partial charge in [0.15, 0.2) is 0 Å². The summed E-state index contributed by atoms with van der Waals surface area (Å²) in [5.74, 6) is 0. The Bertz CT molecular complexity index is 262. The van der Waals surface area contributed by atoms with E-state index < -0.39 is 0 Å². The molecule has 0 saturated carbocycles. The molecular formula is C18H39N3O6. The maximum atomic E-state index is 9.21. The fourth-order valence-corrected chi connectivity index (χ4v) is 2.90. The Morgan fingerprint density at radius 1 is 0.444 bits per heavy atom. The van der Waals surface area contributed by atoms with Crippen LogP contribution in [0.1, 0.15) is 0 Å². The molecule has 0 aromatic heterocycles. The van der Waals surface area contributed by atoms with Gasteiger partial charge in [-0.05, 0) is 0 Å². The molecule has 1 heterocycles. The van der Waals surface area contributed by atoms with E-state index in [9.17, 15) is 15.3 Å². The maximum absolute atomic E-state index is 9.21. The lowest BCUT2D eigenvalue weighted by Gasteiger charge is -2.25. The predicted octanol–water partition coefficient (Wildman–Crippen LogP) is -2.07. The van der Waals surface area contributed by atoms with Crippen LogP contribution in [0.25, 0.3) is 0 Å². The van der Waals surface area contributed by atoms with E-state index in [1.165, 1.54) is 0 Å². The van der Waals surface area contributed by atoms with Crippen LogP contribution in [0.5, 0.6) is 0 Å². The fourth-order valence-electron chi connectivity index (χ4n) is 2.90. The Balaban J connectivity index is 2.48. The third kappa shape index (κ3) is 13.4. The average molecular weight is 394 g/mol. The molecule has 0 amide bonds. The highest BCUT2D eigenvalue weighted by Gasteiger charge is 2.09. The van der Waals surface area contributed by atoms with Crippen molar-refractivity contribution in [3.8, 4) is 0 Å². The second-order valence-corrected chi connectivity index (χ2v) is 6.53. The zero-order valence-corrected chi connectivity index (χ0v) is 16.6. The van der Waals surface area contributed by atoms with Crippen LogP contribution in [0.3, 0.4) is 0 Å². The van der Waals surface area contributed by atoms with Crippen molar-refractivity contribution in [2.45, 2.75) is 0 Å². The van der Waals surface area contributed by atoms with Gasteiger partial charge in [0, 0.05) is 58.9 Å². The minimum atomic E-state index is 0.120. The zero-order valence-electron chi connectivity index (χ0n) is 16.6. The zero-order chi connectivity index (χ0) is 19.6. The van der Waals surface area contributed by atoms with E-state index in [0.717, 1.165) is 39.3 Å². The molecule has 0 aromatic carbocycles. The third-order valence-electron chi connectivity index (χ3n) is 4.56. The number of β-amino-alcohol motifs (C(OH)–C–C–N with tert-alkyl or cyclic N) is 3. The van der Waals surface area contributed by atoms with Crippen LogP contribution in [0.15, 0.2) is 0 Å². The number of aliphatic hydroxyl groups excluding tert-OH is 3. The molecular weight excluding hydrogens is 354 g/mol. The fraction of sp³-hybridized carbons (Fsp3) is 1.00. The molecule has 27 heavy (non-hydrogen) atoms. The molecule has 0 bridgehead atoms. The highest BCUT2D eigenvalue weighted by atomic mass is 16.5. The monoisotopic (exact) mass is 393 g/mol. The molecule has 1 aliphatic rings. The van der Waals surface area contributed by atoms with Gasteiger partial charge < -0.3 is 29.5 Å². The Hall–Kier alpha value is -0.360. The van der Waals surface area contributed by atoms with E-state index in [-0.39, 0.29) is 19.8 Å². The Kier molecular flexibility index (Phi) is 16.2. The van der Waals surface area contributed by atoms with Crippen LogP contribution in [0.4, 0.5) is 0 Å². The van der Waals surface area contributed by atoms with Gasteiger partial charge in [0.1, 0.15) is 0 Å². The van der Waals surface area contributed by atoms with Gasteiger partial charge >= 0.3 is 0 Å². The summed E-state index contributed by atoms with van der Waals surface area (Å²) in [6.45, 7) is 10.3. The summed E-state index contributed by atoms with van der Waals surface area (Å²) in [4.78, 5) is 6.40. The standard InChI is InChI=1S/C18H39N3O6/c22-10-1-19-4-13-25-15-6-20(2-11-23)8-17-27-18-9-21(3-12-24)7-16-26-14-5-19/h22-24H,1-18H2. The summed E-state index contributed by atoms with van der Waals surface area (Å²) in [6, 6.07) is 0. The second kappa shape index (κ2) is 17.7. The Morgan fingerprint density at radius 2 is 0.667 bits per heavy atom. The van der Waals surface area contributed by atoms with Crippen molar-refractivity contribution in [3.63, 3.8) is 0 Å². The van der Waals surface area contributed by atoms with Crippen LogP contribution >= 0.6 is 0 Å². The van der Waals surface area contributed by atoms with Crippen molar-refractivity contribution < 1.29 is 29.5 Å². The predicted molar refractivity (Wildman–Crippen MR) is 103 cm³/mol. The Labute approximate surface area is 163 Å². The van der Waals surface area contributed by atoms with Crippen LogP contribution in [-0.2, 0) is 14.2 Å². The number of nitrogens with zero attached hydrogens (tertiary/aromatic N) is 3. The molecule has 1 aliphatic heterocycles. The molecule has 0 spiro atoms. The molecule has 0 unspecified atom stereocenters. The molecule has 9 nitrogen and oxygen atoms in total. The number of ether oxygens (including phenoxy) is 3. The number of hydrogen-bond donors (Lipinski definition) is 3. The van der Waals surface area contributed by atoms with Gasteiger partial charge in [0.25, 0.3) is 0 Å². The lowest BCUT2D eigenvalue weighted by Crippen LogP contribution is -2.37. The molecule has 9 heteroatoms. The first-order chi connectivity index (χ1) is 13.3. The minimum absolute atomic E-state index is 0.120. The quantitative estimate of drug-likeness (QED) is 0.470. The summed E-state index contributed by atoms with van der Waals surface area (Å²) in [7, 11) is 0. The lowest BCUT2D eigenvalue weighted by atomic mass is 10.4. The van der Waals surface area contributed by atoms with Crippen molar-refractivity contribution in [2.24, 2.45) is 0 Å². The largest absolute Gasteiger partial charge is 0.395 e. The highest BCUT2D eigenvalue weighted by Crippen LogP contribution is 1.95. The number of aliphatic hydroxyl groups is 3. The first-order valence-corrected chi connectivity index (χ1v) is 10.0. The van der Waals surface area contributed by atoms with Crippen LogP contribution < -0.4 is 0 Å². The van der Waals surface area contributed by atoms with Crippen molar-refractivity contribution in [3.05, 3.63) is 0 Å². The average Bonchev–Trinajstić information content (AvgIpc) is 2.66. The van der Waals surface area contributed by atoms with Crippen LogP contribution in [-0.4, -0.2) is 148 Å². The van der Waals surface area contributed by atoms with Crippen LogP contribution in [0, 0.1) is 0 Å². The number of rotatable bonds is 6. The summed E-state index contributed by atoms with van der Waals surface area (Å²) in [6.07, 6.45) is 0. The molecule has 1 rings (SSSR count). The van der Waals surface area contributed by atoms with Gasteiger partial charge in [-0.15, -0.1) is 0 Å². The van der Waals surface area contributed by atoms with Gasteiger partial charge in [-0.2, -0.15) is 0 Å². The molecule has 1 fully saturated rings. The third-order valence-corrected chi connectivity index (χ3v) is 4.56. The molecule has 162 valence electrons. The van der Waals surface area contributed by atoms with E-state index in [2.05, 4.69) is 14.7 Å². The molecule has 0 aromatic rings. The van der Waals surface area contributed by atoms with E-state index >= 15 is 0 Å². The van der Waals surface area contributed by atoms with Gasteiger partial charge in [0.05, 0.1) is 59.5 Å². The first-order valence-electron chi connectivity index (χ1n) is 10.0. The van der Waals surface area contributed by atoms with E-state index in [1.54, 1.807) is 0 Å². The summed E-state index contributed by atoms with van der Waals surface area (Å²) in [5, 5.41) is 27.6. The van der Waals surface area contributed by atoms with E-state index in [4.69, 9.17) is 14.2 Å². The van der Waals surface area contributed by atoms with Gasteiger partial charge in [-0.1, -0.05) is 0 Å². The van der Waals surface area contributed by atoms with Gasteiger partial charge in [0.2, 0.25) is 0 Å². The van der Waals surface area contributed by atoms with E-state index in [0.29, 0.717) is 59.3 Å². The molecule has 3 N–H and O–H groups in total. The summed E-state index contributed by atoms with van der Waals surface area (Å²) >= 11 is 0. The second-order valence-electron chi connectivity index (χ2n) is 6.53. The Morgan fingerprint density at radius 3 is 0.852 bits per heavy atom. The van der Waals surface area contributed by atoms with Crippen molar-refractivity contribution >= 4 is 0 Å². The normalized spacial score (nSPS) is 22.3. The maximum Gasteiger partial charge on any atom is 0.0594 e. The lowest BCUT2D eigenvalue weighted by molar-refractivity contribution is 0.0308. The minimum Gasteiger partial charge on any atom is -0.395 e. The first kappa shape index (κ1) is 24.7. The van der Waals surface area contributed by atoms with Crippen molar-refractivity contribution in [1.29, 1.82) is 0 Å². The SMILES string of the molecule is OCCN1CCOCCN(CCO)CCOCCN(CCO)CCOCC1. The topological polar surface area (TPSA) is 98.1 Å². The molecule has 1 saturated heterocycles. The molecule has 0 radical (unpaired) electrons. The molecule has 0 aliphatic carbocycles. The summed E-state index contributed by atoms with van der Waals surface area (Å²) < 4.78 is 17.1. The molecule has 0 atom stereocenters. The number of hydrogen-bond acceptors (Lipinski definition) is 9. The van der Waals surface area contributed by atoms with Gasteiger partial charge in [-0.25, -0.2) is 0 Å².